The molecule has 0 aromatic carbocycles. The first-order valence-corrected chi connectivity index (χ1v) is 34.7. The molecule has 16 saturated carbocycles. The van der Waals surface area contributed by atoms with Gasteiger partial charge in [-0.2, -0.15) is 0 Å². The zero-order valence-corrected chi connectivity index (χ0v) is 51.3. The maximum Gasteiger partial charge on any atom is 0.159 e. The van der Waals surface area contributed by atoms with Crippen LogP contribution in [0.3, 0.4) is 0 Å². The highest BCUT2D eigenvalue weighted by Gasteiger charge is 2.54. The van der Waals surface area contributed by atoms with Gasteiger partial charge in [0.2, 0.25) is 0 Å². The highest BCUT2D eigenvalue weighted by Crippen LogP contribution is 2.59. The molecule has 1 atom stereocenters. The topological polar surface area (TPSA) is 70.2 Å². The number of methoxy groups -OCH3 is 1. The van der Waals surface area contributed by atoms with Crippen LogP contribution in [0.4, 0.5) is 0 Å². The molecule has 16 fully saturated rings. The monoisotopic (exact) mass is 1150 g/mol. The van der Waals surface area contributed by atoms with Crippen LogP contribution in [0.1, 0.15) is 202 Å². The lowest BCUT2D eigenvalue weighted by Gasteiger charge is -2.57. The average molecular weight is 1160 g/mol. The summed E-state index contributed by atoms with van der Waals surface area (Å²) in [5, 5.41) is 18.0. The molecule has 0 amide bonds. The Hall–Kier alpha value is -1.15. The van der Waals surface area contributed by atoms with Gasteiger partial charge in [0.25, 0.3) is 0 Å². The molecule has 11 heteroatoms. The summed E-state index contributed by atoms with van der Waals surface area (Å²) in [4.78, 5) is 13.1. The second kappa shape index (κ2) is 21.6. The van der Waals surface area contributed by atoms with E-state index in [4.69, 9.17) is 4.74 Å². The van der Waals surface area contributed by atoms with Crippen LogP contribution in [0.2, 0.25) is 0 Å². The molecule has 75 heavy (non-hydrogen) atoms. The van der Waals surface area contributed by atoms with Gasteiger partial charge >= 0.3 is 0 Å². The SMILES string of the molecule is Brc1nc(CNC23CC4CC(CC(C4)C2)C3)cs1.COc1cc(C)sc1CNC12CC3CC(CC(C3)C1)C2.Cc1ccc(C(C)NC23CC4CC(CC(C4)C2)C3)s1.Cc1ccc(CNC23CC4CC(CC(C4)C2)C3)s1. The van der Waals surface area contributed by atoms with Crippen LogP contribution in [0.5, 0.6) is 5.75 Å². The third-order valence-corrected chi connectivity index (χ3v) is 26.8. The Labute approximate surface area is 476 Å². The van der Waals surface area contributed by atoms with Gasteiger partial charge in [-0.3, -0.25) is 0 Å². The summed E-state index contributed by atoms with van der Waals surface area (Å²) < 4.78 is 6.51. The van der Waals surface area contributed by atoms with Gasteiger partial charge < -0.3 is 26.0 Å². The molecular formula is C64H92BrN5OS4. The Bertz CT molecular complexity index is 2360. The van der Waals surface area contributed by atoms with E-state index in [9.17, 15) is 0 Å². The molecule has 4 aromatic heterocycles. The summed E-state index contributed by atoms with van der Waals surface area (Å²) in [6.07, 6.45) is 35.6. The normalized spacial score (nSPS) is 40.7. The molecule has 4 heterocycles. The number of rotatable bonds is 13. The Morgan fingerprint density at radius 1 is 0.520 bits per heavy atom. The second-order valence-electron chi connectivity index (χ2n) is 28.6. The molecule has 16 aliphatic rings. The molecule has 1 unspecified atom stereocenters. The van der Waals surface area contributed by atoms with Crippen LogP contribution < -0.4 is 26.0 Å². The molecule has 0 saturated heterocycles. The molecular weight excluding hydrogens is 1060 g/mol. The third-order valence-electron chi connectivity index (χ3n) is 22.2. The minimum absolute atomic E-state index is 0.456. The lowest BCUT2D eigenvalue weighted by molar-refractivity contribution is -0.0243. The molecule has 0 spiro atoms. The quantitative estimate of drug-likeness (QED) is 0.107. The first-order chi connectivity index (χ1) is 36.2. The van der Waals surface area contributed by atoms with Gasteiger partial charge in [-0.25, -0.2) is 4.98 Å². The van der Waals surface area contributed by atoms with E-state index in [0.29, 0.717) is 28.2 Å². The van der Waals surface area contributed by atoms with Gasteiger partial charge in [0.05, 0.1) is 17.7 Å². The lowest BCUT2D eigenvalue weighted by Crippen LogP contribution is -2.58. The summed E-state index contributed by atoms with van der Waals surface area (Å²) in [5.74, 6) is 13.4. The summed E-state index contributed by atoms with van der Waals surface area (Å²) in [5.41, 5.74) is 3.13. The largest absolute Gasteiger partial charge is 0.496 e. The number of thiophene rings is 3. The van der Waals surface area contributed by atoms with E-state index in [1.165, 1.54) is 189 Å². The molecule has 6 nitrogen and oxygen atoms in total. The standard InChI is InChI=1S/C17H25NOS.C17H25NS.C16H23NS.C14H19BrN2S/c1-11-3-15(19-2)16(20-11)10-18-17-7-12-4-13(8-17)6-14(5-12)9-17;1-11-3-4-16(19-11)12(2)18-17-8-13-5-14(9-17)7-15(6-13)10-17;1-11-2-3-15(18-11)10-17-16-7-12-4-13(8-16)6-14(5-12)9-16;15-13-17-12(8-18-13)7-16-14-4-9-1-10(5-14)3-11(2-9)6-14/h3,12-14,18H,4-10H2,1-2H3;3-4,12-15,18H,5-10H2,1-2H3;2-3,12-14,17H,4-10H2,1H3;8-11,16H,1-7H2. The van der Waals surface area contributed by atoms with Crippen molar-refractivity contribution in [3.8, 4) is 5.75 Å². The summed E-state index contributed by atoms with van der Waals surface area (Å²) in [7, 11) is 1.79. The third kappa shape index (κ3) is 12.0. The molecule has 0 radical (unpaired) electrons. The predicted octanol–water partition coefficient (Wildman–Crippen LogP) is 16.9. The van der Waals surface area contributed by atoms with Gasteiger partial charge in [0, 0.05) is 77.6 Å². The number of halogens is 1. The number of ether oxygens (including phenoxy) is 1. The first kappa shape index (κ1) is 53.2. The van der Waals surface area contributed by atoms with Crippen molar-refractivity contribution >= 4 is 61.3 Å². The van der Waals surface area contributed by atoms with E-state index in [1.54, 1.807) is 18.4 Å². The molecule has 20 rings (SSSR count). The number of nitrogens with one attached hydrogen (secondary N) is 4. The van der Waals surface area contributed by atoms with Crippen LogP contribution in [0.25, 0.3) is 0 Å². The number of aromatic nitrogens is 1. The Morgan fingerprint density at radius 2 is 0.920 bits per heavy atom. The number of hydrogen-bond acceptors (Lipinski definition) is 10. The number of hydrogen-bond donors (Lipinski definition) is 4. The fourth-order valence-corrected chi connectivity index (χ4v) is 24.8. The zero-order chi connectivity index (χ0) is 51.1. The highest BCUT2D eigenvalue weighted by atomic mass is 79.9. The Balaban J connectivity index is 0.0000000962. The summed E-state index contributed by atoms with van der Waals surface area (Å²) >= 11 is 10.9. The minimum Gasteiger partial charge on any atom is -0.496 e. The van der Waals surface area contributed by atoms with Gasteiger partial charge in [-0.15, -0.1) is 45.3 Å². The van der Waals surface area contributed by atoms with Crippen molar-refractivity contribution in [1.82, 2.24) is 26.3 Å². The second-order valence-corrected chi connectivity index (χ2v) is 34.8. The summed E-state index contributed by atoms with van der Waals surface area (Å²) in [6, 6.07) is 11.8. The fourth-order valence-electron chi connectivity index (χ4n) is 21.1. The van der Waals surface area contributed by atoms with E-state index < -0.39 is 0 Å². The maximum atomic E-state index is 5.51. The molecule has 16 bridgehead atoms. The van der Waals surface area contributed by atoms with Crippen molar-refractivity contribution in [1.29, 1.82) is 0 Å². The molecule has 4 N–H and O–H groups in total. The summed E-state index contributed by atoms with van der Waals surface area (Å²) in [6.45, 7) is 12.0. The Kier molecular flexibility index (Phi) is 15.3. The van der Waals surface area contributed by atoms with Crippen LogP contribution in [-0.2, 0) is 19.6 Å². The first-order valence-electron chi connectivity index (χ1n) is 30.6. The van der Waals surface area contributed by atoms with Gasteiger partial charge in [0.15, 0.2) is 3.92 Å². The average Bonchev–Trinajstić information content (AvgIpc) is 4.16. The van der Waals surface area contributed by atoms with E-state index in [-0.39, 0.29) is 0 Å². The van der Waals surface area contributed by atoms with Gasteiger partial charge in [-0.05, 0) is 299 Å². The van der Waals surface area contributed by atoms with Gasteiger partial charge in [-0.1, -0.05) is 0 Å². The van der Waals surface area contributed by atoms with Gasteiger partial charge in [0.1, 0.15) is 5.75 Å². The number of nitrogens with zero attached hydrogens (tertiary/aromatic N) is 1. The van der Waals surface area contributed by atoms with E-state index in [2.05, 4.69) is 106 Å². The molecule has 4 aromatic rings. The van der Waals surface area contributed by atoms with Crippen LogP contribution in [0, 0.1) is 91.8 Å². The van der Waals surface area contributed by atoms with Crippen LogP contribution in [-0.4, -0.2) is 34.2 Å². The fraction of sp³-hybridized carbons (Fsp3) is 0.766. The van der Waals surface area contributed by atoms with E-state index in [1.807, 2.05) is 34.0 Å². The highest BCUT2D eigenvalue weighted by molar-refractivity contribution is 9.11. The van der Waals surface area contributed by atoms with Crippen molar-refractivity contribution in [2.24, 2.45) is 71.0 Å². The van der Waals surface area contributed by atoms with E-state index in [0.717, 1.165) is 100 Å². The van der Waals surface area contributed by atoms with Crippen LogP contribution in [0.15, 0.2) is 39.6 Å². The zero-order valence-electron chi connectivity index (χ0n) is 46.4. The number of thiazole rings is 1. The maximum absolute atomic E-state index is 5.51. The Morgan fingerprint density at radius 3 is 1.29 bits per heavy atom. The van der Waals surface area contributed by atoms with Crippen molar-refractivity contribution in [2.45, 2.75) is 230 Å². The number of aryl methyl sites for hydroxylation is 3. The van der Waals surface area contributed by atoms with E-state index >= 15 is 0 Å². The lowest BCUT2D eigenvalue weighted by atomic mass is 9.53. The predicted molar refractivity (Wildman–Crippen MR) is 319 cm³/mol. The van der Waals surface area contributed by atoms with Crippen molar-refractivity contribution in [2.75, 3.05) is 7.11 Å². The van der Waals surface area contributed by atoms with Crippen molar-refractivity contribution in [3.05, 3.63) is 74.6 Å². The smallest absolute Gasteiger partial charge is 0.159 e. The molecule has 0 aliphatic heterocycles. The molecule has 16 aliphatic carbocycles. The minimum atomic E-state index is 0.456. The van der Waals surface area contributed by atoms with Crippen molar-refractivity contribution < 1.29 is 4.74 Å². The molecule has 410 valence electrons. The van der Waals surface area contributed by atoms with Crippen LogP contribution >= 0.6 is 61.3 Å². The van der Waals surface area contributed by atoms with Crippen molar-refractivity contribution in [3.63, 3.8) is 0 Å².